The van der Waals surface area contributed by atoms with Crippen molar-refractivity contribution in [3.8, 4) is 0 Å². The monoisotopic (exact) mass is 229 g/mol. The first-order valence-electron chi connectivity index (χ1n) is 5.26. The third-order valence-electron chi connectivity index (χ3n) is 1.92. The predicted molar refractivity (Wildman–Crippen MR) is 62.3 cm³/mol. The van der Waals surface area contributed by atoms with Gasteiger partial charge in [0.1, 0.15) is 10.0 Å². The van der Waals surface area contributed by atoms with E-state index in [1.807, 2.05) is 0 Å². The zero-order valence-electron chi connectivity index (χ0n) is 9.62. The summed E-state index contributed by atoms with van der Waals surface area (Å²) in [5, 5.41) is 13.8. The van der Waals surface area contributed by atoms with Crippen molar-refractivity contribution in [2.45, 2.75) is 32.7 Å². The molecule has 0 fully saturated rings. The van der Waals surface area contributed by atoms with Gasteiger partial charge in [0.05, 0.1) is 6.61 Å². The second kappa shape index (κ2) is 6.87. The number of hydrogen-bond acceptors (Lipinski definition) is 5. The number of hydrogen-bond donors (Lipinski definition) is 1. The van der Waals surface area contributed by atoms with Gasteiger partial charge in [-0.1, -0.05) is 13.8 Å². The molecule has 86 valence electrons. The van der Waals surface area contributed by atoms with E-state index in [-0.39, 0.29) is 0 Å². The zero-order chi connectivity index (χ0) is 11.1. The topological polar surface area (TPSA) is 47.0 Å². The number of aromatic nitrogens is 2. The minimum atomic E-state index is 0.533. The summed E-state index contributed by atoms with van der Waals surface area (Å²) in [5.74, 6) is 0. The molecular formula is C10H19N3OS. The maximum absolute atomic E-state index is 4.99. The van der Waals surface area contributed by atoms with E-state index in [0.29, 0.717) is 6.04 Å². The number of nitrogens with one attached hydrogen (secondary N) is 1. The molecule has 0 aliphatic rings. The Balaban J connectivity index is 2.26. The maximum Gasteiger partial charge on any atom is 0.119 e. The molecule has 4 nitrogen and oxygen atoms in total. The average Bonchev–Trinajstić information content (AvgIpc) is 2.62. The van der Waals surface area contributed by atoms with Crippen LogP contribution in [0.15, 0.2) is 0 Å². The fourth-order valence-corrected chi connectivity index (χ4v) is 1.97. The van der Waals surface area contributed by atoms with Gasteiger partial charge in [-0.15, -0.1) is 21.5 Å². The number of methoxy groups -OCH3 is 1. The Hall–Kier alpha value is -0.520. The lowest BCUT2D eigenvalue weighted by molar-refractivity contribution is 0.202. The van der Waals surface area contributed by atoms with Gasteiger partial charge in [-0.3, -0.25) is 0 Å². The summed E-state index contributed by atoms with van der Waals surface area (Å²) in [6.07, 6.45) is 1.83. The van der Waals surface area contributed by atoms with E-state index in [1.54, 1.807) is 18.4 Å². The van der Waals surface area contributed by atoms with Gasteiger partial charge >= 0.3 is 0 Å². The largest absolute Gasteiger partial charge is 0.384 e. The first-order chi connectivity index (χ1) is 7.22. The van der Waals surface area contributed by atoms with Crippen LogP contribution in [-0.4, -0.2) is 36.5 Å². The smallest absolute Gasteiger partial charge is 0.119 e. The summed E-state index contributed by atoms with van der Waals surface area (Å²) in [6, 6.07) is 0.533. The maximum atomic E-state index is 4.99. The molecule has 0 aromatic carbocycles. The van der Waals surface area contributed by atoms with Crippen molar-refractivity contribution in [1.29, 1.82) is 0 Å². The van der Waals surface area contributed by atoms with Gasteiger partial charge in [0.25, 0.3) is 0 Å². The van der Waals surface area contributed by atoms with Gasteiger partial charge in [0.15, 0.2) is 0 Å². The van der Waals surface area contributed by atoms with Crippen LogP contribution in [0.25, 0.3) is 0 Å². The first kappa shape index (κ1) is 12.5. The van der Waals surface area contributed by atoms with E-state index in [9.17, 15) is 0 Å². The lowest BCUT2D eigenvalue weighted by Gasteiger charge is -2.04. The number of rotatable bonds is 7. The van der Waals surface area contributed by atoms with Crippen LogP contribution in [0.1, 0.15) is 23.9 Å². The predicted octanol–water partition coefficient (Wildman–Crippen LogP) is 1.27. The molecule has 0 unspecified atom stereocenters. The van der Waals surface area contributed by atoms with Crippen molar-refractivity contribution >= 4 is 11.3 Å². The van der Waals surface area contributed by atoms with Gasteiger partial charge in [-0.2, -0.15) is 0 Å². The second-order valence-corrected chi connectivity index (χ2v) is 4.84. The molecule has 1 N–H and O–H groups in total. The Morgan fingerprint density at radius 2 is 1.93 bits per heavy atom. The Kier molecular flexibility index (Phi) is 5.75. The molecule has 0 aliphatic carbocycles. The molecule has 0 bridgehead atoms. The van der Waals surface area contributed by atoms with Crippen molar-refractivity contribution in [2.75, 3.05) is 20.3 Å². The molecule has 0 spiro atoms. The highest BCUT2D eigenvalue weighted by molar-refractivity contribution is 7.11. The van der Waals surface area contributed by atoms with E-state index in [2.05, 4.69) is 29.4 Å². The quantitative estimate of drug-likeness (QED) is 0.765. The van der Waals surface area contributed by atoms with Crippen molar-refractivity contribution in [3.05, 3.63) is 10.0 Å². The molecule has 1 aromatic heterocycles. The Morgan fingerprint density at radius 1 is 1.27 bits per heavy atom. The normalized spacial score (nSPS) is 11.2. The molecule has 0 amide bonds. The van der Waals surface area contributed by atoms with E-state index in [0.717, 1.165) is 36.0 Å². The third-order valence-corrected chi connectivity index (χ3v) is 2.96. The van der Waals surface area contributed by atoms with Crippen LogP contribution in [0.5, 0.6) is 0 Å². The standard InChI is InChI=1S/C10H19N3OS/c1-8(2)11-6-4-9-12-13-10(15-9)5-7-14-3/h8,11H,4-7H2,1-3H3. The summed E-state index contributed by atoms with van der Waals surface area (Å²) in [6.45, 7) is 5.98. The summed E-state index contributed by atoms with van der Waals surface area (Å²) in [4.78, 5) is 0. The molecule has 0 saturated heterocycles. The lowest BCUT2D eigenvalue weighted by Crippen LogP contribution is -2.24. The number of ether oxygens (including phenoxy) is 1. The molecule has 5 heteroatoms. The van der Waals surface area contributed by atoms with Crippen LogP contribution in [0.4, 0.5) is 0 Å². The van der Waals surface area contributed by atoms with Gasteiger partial charge in [-0.25, -0.2) is 0 Å². The van der Waals surface area contributed by atoms with Gasteiger partial charge in [0.2, 0.25) is 0 Å². The molecule has 1 aromatic rings. The van der Waals surface area contributed by atoms with Gasteiger partial charge in [0, 0.05) is 32.5 Å². The van der Waals surface area contributed by atoms with Crippen LogP contribution in [-0.2, 0) is 17.6 Å². The van der Waals surface area contributed by atoms with Crippen LogP contribution in [0, 0.1) is 0 Å². The second-order valence-electron chi connectivity index (χ2n) is 3.69. The summed E-state index contributed by atoms with van der Waals surface area (Å²) < 4.78 is 4.99. The third kappa shape index (κ3) is 5.20. The van der Waals surface area contributed by atoms with Gasteiger partial charge < -0.3 is 10.1 Å². The molecule has 0 atom stereocenters. The van der Waals surface area contributed by atoms with Crippen molar-refractivity contribution < 1.29 is 4.74 Å². The highest BCUT2D eigenvalue weighted by Gasteiger charge is 2.03. The van der Waals surface area contributed by atoms with Gasteiger partial charge in [-0.05, 0) is 0 Å². The molecule has 0 aliphatic heterocycles. The van der Waals surface area contributed by atoms with Crippen LogP contribution in [0.3, 0.4) is 0 Å². The Morgan fingerprint density at radius 3 is 2.53 bits per heavy atom. The minimum Gasteiger partial charge on any atom is -0.384 e. The van der Waals surface area contributed by atoms with Crippen molar-refractivity contribution in [1.82, 2.24) is 15.5 Å². The average molecular weight is 229 g/mol. The lowest BCUT2D eigenvalue weighted by atomic mass is 10.3. The first-order valence-corrected chi connectivity index (χ1v) is 6.07. The SMILES string of the molecule is COCCc1nnc(CCNC(C)C)s1. The number of nitrogens with zero attached hydrogens (tertiary/aromatic N) is 2. The molecule has 1 heterocycles. The Labute approximate surface area is 95.1 Å². The van der Waals surface area contributed by atoms with E-state index >= 15 is 0 Å². The van der Waals surface area contributed by atoms with Crippen LogP contribution < -0.4 is 5.32 Å². The summed E-state index contributed by atoms with van der Waals surface area (Å²) >= 11 is 1.68. The van der Waals surface area contributed by atoms with E-state index in [4.69, 9.17) is 4.74 Å². The Bertz CT molecular complexity index is 275. The molecule has 0 saturated carbocycles. The fraction of sp³-hybridized carbons (Fsp3) is 0.800. The van der Waals surface area contributed by atoms with Crippen LogP contribution in [0.2, 0.25) is 0 Å². The zero-order valence-corrected chi connectivity index (χ0v) is 10.4. The summed E-state index contributed by atoms with van der Waals surface area (Å²) in [7, 11) is 1.70. The van der Waals surface area contributed by atoms with Crippen molar-refractivity contribution in [2.24, 2.45) is 0 Å². The minimum absolute atomic E-state index is 0.533. The van der Waals surface area contributed by atoms with E-state index < -0.39 is 0 Å². The van der Waals surface area contributed by atoms with Crippen LogP contribution >= 0.6 is 11.3 Å². The summed E-state index contributed by atoms with van der Waals surface area (Å²) in [5.41, 5.74) is 0. The van der Waals surface area contributed by atoms with Crippen molar-refractivity contribution in [3.63, 3.8) is 0 Å². The van der Waals surface area contributed by atoms with E-state index in [1.165, 1.54) is 0 Å². The molecule has 1 rings (SSSR count). The highest BCUT2D eigenvalue weighted by Crippen LogP contribution is 2.10. The molecular weight excluding hydrogens is 210 g/mol. The molecule has 0 radical (unpaired) electrons. The fourth-order valence-electron chi connectivity index (χ4n) is 1.15. The molecule has 15 heavy (non-hydrogen) atoms. The highest BCUT2D eigenvalue weighted by atomic mass is 32.1.